The first-order chi connectivity index (χ1) is 9.36. The molecule has 1 atom stereocenters. The van der Waals surface area contributed by atoms with Crippen molar-refractivity contribution in [2.24, 2.45) is 0 Å². The molecule has 0 aliphatic carbocycles. The van der Waals surface area contributed by atoms with Gasteiger partial charge >= 0.3 is 0 Å². The number of fused-ring (bicyclic) bond motifs is 1. The van der Waals surface area contributed by atoms with Gasteiger partial charge in [0, 0.05) is 17.3 Å². The highest BCUT2D eigenvalue weighted by atomic mass is 32.1. The lowest BCUT2D eigenvalue weighted by Crippen LogP contribution is -2.21. The minimum Gasteiger partial charge on any atom is -0.309 e. The van der Waals surface area contributed by atoms with Gasteiger partial charge in [-0.3, -0.25) is 0 Å². The molecule has 0 saturated heterocycles. The summed E-state index contributed by atoms with van der Waals surface area (Å²) in [5.41, 5.74) is 1.11. The van der Waals surface area contributed by atoms with Crippen LogP contribution in [0.4, 0.5) is 0 Å². The van der Waals surface area contributed by atoms with E-state index in [4.69, 9.17) is 4.98 Å². The van der Waals surface area contributed by atoms with E-state index in [-0.39, 0.29) is 0 Å². The van der Waals surface area contributed by atoms with Crippen molar-refractivity contribution in [1.29, 1.82) is 0 Å². The molecule has 0 radical (unpaired) electrons. The molecule has 1 unspecified atom stereocenters. The fourth-order valence-electron chi connectivity index (χ4n) is 2.19. The summed E-state index contributed by atoms with van der Waals surface area (Å²) in [4.78, 5) is 6.12. The molecule has 19 heavy (non-hydrogen) atoms. The van der Waals surface area contributed by atoms with Crippen LogP contribution in [0.15, 0.2) is 41.8 Å². The van der Waals surface area contributed by atoms with Crippen molar-refractivity contribution in [2.45, 2.75) is 19.4 Å². The Morgan fingerprint density at radius 1 is 1.21 bits per heavy atom. The Bertz CT molecular complexity index is 610. The number of para-hydroxylation sites is 1. The Labute approximate surface area is 121 Å². The van der Waals surface area contributed by atoms with Crippen LogP contribution in [-0.2, 0) is 6.42 Å². The Kier molecular flexibility index (Phi) is 3.92. The predicted molar refractivity (Wildman–Crippen MR) is 84.1 cm³/mol. The molecule has 0 amide bonds. The summed E-state index contributed by atoms with van der Waals surface area (Å²) in [7, 11) is 0. The summed E-state index contributed by atoms with van der Waals surface area (Å²) in [5, 5.41) is 6.90. The van der Waals surface area contributed by atoms with E-state index in [1.54, 1.807) is 11.3 Å². The Hall–Kier alpha value is -1.23. The number of nitrogens with one attached hydrogen (secondary N) is 1. The van der Waals surface area contributed by atoms with Crippen LogP contribution < -0.4 is 5.32 Å². The van der Waals surface area contributed by atoms with E-state index in [1.807, 2.05) is 17.4 Å². The van der Waals surface area contributed by atoms with Gasteiger partial charge in [0.25, 0.3) is 0 Å². The van der Waals surface area contributed by atoms with Gasteiger partial charge in [-0.25, -0.2) is 4.98 Å². The van der Waals surface area contributed by atoms with Crippen molar-refractivity contribution < 1.29 is 0 Å². The molecule has 0 aliphatic heterocycles. The van der Waals surface area contributed by atoms with Crippen LogP contribution in [0.3, 0.4) is 0 Å². The molecule has 1 N–H and O–H groups in total. The molecule has 4 heteroatoms. The highest BCUT2D eigenvalue weighted by molar-refractivity contribution is 7.18. The molecule has 0 spiro atoms. The van der Waals surface area contributed by atoms with Crippen molar-refractivity contribution in [3.05, 3.63) is 51.7 Å². The largest absolute Gasteiger partial charge is 0.309 e. The monoisotopic (exact) mass is 288 g/mol. The summed E-state index contributed by atoms with van der Waals surface area (Å²) in [5.74, 6) is 0. The topological polar surface area (TPSA) is 24.9 Å². The number of rotatable bonds is 5. The third-order valence-corrected chi connectivity index (χ3v) is 5.10. The first-order valence-electron chi connectivity index (χ1n) is 6.48. The lowest BCUT2D eigenvalue weighted by molar-refractivity contribution is 0.557. The van der Waals surface area contributed by atoms with Crippen molar-refractivity contribution in [1.82, 2.24) is 10.3 Å². The van der Waals surface area contributed by atoms with Crippen LogP contribution in [-0.4, -0.2) is 11.5 Å². The summed E-state index contributed by atoms with van der Waals surface area (Å²) in [6.45, 7) is 3.13. The molecule has 3 aromatic rings. The van der Waals surface area contributed by atoms with E-state index in [9.17, 15) is 0 Å². The second kappa shape index (κ2) is 5.82. The van der Waals surface area contributed by atoms with Crippen LogP contribution in [0.25, 0.3) is 10.2 Å². The van der Waals surface area contributed by atoms with E-state index in [0.717, 1.165) is 18.5 Å². The maximum absolute atomic E-state index is 4.73. The zero-order chi connectivity index (χ0) is 13.1. The van der Waals surface area contributed by atoms with Crippen LogP contribution in [0.5, 0.6) is 0 Å². The van der Waals surface area contributed by atoms with Crippen molar-refractivity contribution in [3.63, 3.8) is 0 Å². The first-order valence-corrected chi connectivity index (χ1v) is 8.17. The number of aromatic nitrogens is 1. The molecule has 0 bridgehead atoms. The number of thiazole rings is 1. The van der Waals surface area contributed by atoms with Crippen LogP contribution in [0, 0.1) is 0 Å². The van der Waals surface area contributed by atoms with E-state index in [2.05, 4.69) is 48.0 Å². The maximum Gasteiger partial charge on any atom is 0.0957 e. The van der Waals surface area contributed by atoms with Crippen LogP contribution in [0.2, 0.25) is 0 Å². The van der Waals surface area contributed by atoms with Gasteiger partial charge in [0.1, 0.15) is 0 Å². The van der Waals surface area contributed by atoms with E-state index in [1.165, 1.54) is 14.6 Å². The number of hydrogen-bond donors (Lipinski definition) is 1. The Balaban J connectivity index is 1.85. The molecule has 98 valence electrons. The summed E-state index contributed by atoms with van der Waals surface area (Å²) >= 11 is 3.61. The van der Waals surface area contributed by atoms with Crippen molar-refractivity contribution in [2.75, 3.05) is 6.54 Å². The van der Waals surface area contributed by atoms with Gasteiger partial charge in [0.15, 0.2) is 0 Å². The molecule has 2 heterocycles. The number of nitrogens with zero attached hydrogens (tertiary/aromatic N) is 1. The van der Waals surface area contributed by atoms with Crippen molar-refractivity contribution >= 4 is 32.9 Å². The first kappa shape index (κ1) is 12.8. The number of benzene rings is 1. The molecule has 0 fully saturated rings. The van der Waals surface area contributed by atoms with Crippen molar-refractivity contribution in [3.8, 4) is 0 Å². The highest BCUT2D eigenvalue weighted by Gasteiger charge is 2.14. The number of likely N-dealkylation sites (N-methyl/N-ethyl adjacent to an activating group) is 1. The smallest absolute Gasteiger partial charge is 0.0957 e. The second-order valence-corrected chi connectivity index (χ2v) is 6.50. The molecule has 0 saturated carbocycles. The maximum atomic E-state index is 4.73. The van der Waals surface area contributed by atoms with E-state index >= 15 is 0 Å². The Morgan fingerprint density at radius 2 is 2.11 bits per heavy atom. The minimum absolute atomic E-state index is 0.380. The fraction of sp³-hybridized carbons (Fsp3) is 0.267. The summed E-state index contributed by atoms with van der Waals surface area (Å²) < 4.78 is 1.28. The molecular formula is C15H16N2S2. The van der Waals surface area contributed by atoms with Gasteiger partial charge in [0.2, 0.25) is 0 Å². The molecular weight excluding hydrogens is 272 g/mol. The zero-order valence-electron chi connectivity index (χ0n) is 10.8. The van der Waals surface area contributed by atoms with Gasteiger partial charge in [-0.1, -0.05) is 25.1 Å². The van der Waals surface area contributed by atoms with Crippen LogP contribution in [0.1, 0.15) is 22.9 Å². The average Bonchev–Trinajstić information content (AvgIpc) is 3.07. The summed E-state index contributed by atoms with van der Waals surface area (Å²) in [6, 6.07) is 13.0. The molecule has 2 nitrogen and oxygen atoms in total. The number of hydrogen-bond acceptors (Lipinski definition) is 4. The Morgan fingerprint density at radius 3 is 2.84 bits per heavy atom. The van der Waals surface area contributed by atoms with Gasteiger partial charge in [-0.15, -0.1) is 22.7 Å². The van der Waals surface area contributed by atoms with Gasteiger partial charge in [-0.05, 0) is 30.1 Å². The standard InChI is InChI=1S/C15H16N2S2/c1-2-16-12(13-8-5-9-18-13)10-15-17-11-6-3-4-7-14(11)19-15/h3-9,12,16H,2,10H2,1H3. The SMILES string of the molecule is CCNC(Cc1nc2ccccc2s1)c1cccs1. The fourth-order valence-corrected chi connectivity index (χ4v) is 4.01. The molecule has 0 aliphatic rings. The minimum atomic E-state index is 0.380. The lowest BCUT2D eigenvalue weighted by Gasteiger charge is -2.14. The third-order valence-electron chi connectivity index (χ3n) is 3.05. The zero-order valence-corrected chi connectivity index (χ0v) is 12.4. The van der Waals surface area contributed by atoms with E-state index in [0.29, 0.717) is 6.04 Å². The van der Waals surface area contributed by atoms with Gasteiger partial charge in [-0.2, -0.15) is 0 Å². The van der Waals surface area contributed by atoms with Gasteiger partial charge < -0.3 is 5.32 Å². The van der Waals surface area contributed by atoms with Crippen LogP contribution >= 0.6 is 22.7 Å². The molecule has 3 rings (SSSR count). The second-order valence-electron chi connectivity index (χ2n) is 4.41. The highest BCUT2D eigenvalue weighted by Crippen LogP contribution is 2.27. The van der Waals surface area contributed by atoms with Gasteiger partial charge in [0.05, 0.1) is 15.2 Å². The summed E-state index contributed by atoms with van der Waals surface area (Å²) in [6.07, 6.45) is 0.966. The van der Waals surface area contributed by atoms with E-state index < -0.39 is 0 Å². The average molecular weight is 288 g/mol. The molecule has 2 aromatic heterocycles. The quantitative estimate of drug-likeness (QED) is 0.759. The lowest BCUT2D eigenvalue weighted by atomic mass is 10.2. The normalized spacial score (nSPS) is 12.9. The third kappa shape index (κ3) is 2.86. The number of thiophene rings is 1. The molecule has 1 aromatic carbocycles. The predicted octanol–water partition coefficient (Wildman–Crippen LogP) is 4.25.